The fraction of sp³-hybridized carbons (Fsp3) is 0.571. The van der Waals surface area contributed by atoms with Gasteiger partial charge in [0, 0.05) is 18.0 Å². The first kappa shape index (κ1) is 14.3. The Bertz CT molecular complexity index is 505. The highest BCUT2D eigenvalue weighted by Gasteiger charge is 2.19. The molecular weight excluding hydrogens is 260 g/mol. The summed E-state index contributed by atoms with van der Waals surface area (Å²) in [6.07, 6.45) is 3.69. The van der Waals surface area contributed by atoms with Gasteiger partial charge in [-0.1, -0.05) is 0 Å². The van der Waals surface area contributed by atoms with Gasteiger partial charge in [-0.25, -0.2) is 8.42 Å². The lowest BCUT2D eigenvalue weighted by Crippen LogP contribution is -2.38. The lowest BCUT2D eigenvalue weighted by atomic mass is 9.92. The smallest absolute Gasteiger partial charge is 0.175 e. The van der Waals surface area contributed by atoms with Crippen LogP contribution in [0, 0.1) is 5.92 Å². The molecule has 2 atom stereocenters. The zero-order chi connectivity index (χ0) is 13.9. The summed E-state index contributed by atoms with van der Waals surface area (Å²) in [4.78, 5) is 0.366. The normalized spacial score (nSPS) is 21.9. The van der Waals surface area contributed by atoms with Crippen LogP contribution in [0.3, 0.4) is 0 Å². The summed E-state index contributed by atoms with van der Waals surface area (Å²) in [6, 6.07) is 7.37. The summed E-state index contributed by atoms with van der Waals surface area (Å²) in [7, 11) is -3.11. The number of sulfone groups is 1. The van der Waals surface area contributed by atoms with Gasteiger partial charge in [-0.15, -0.1) is 0 Å². The SMILES string of the molecule is CC(Nc1ccc(S(C)(=O)=O)cc1)C1CCCNC1. The molecule has 0 radical (unpaired) electrons. The molecule has 4 nitrogen and oxygen atoms in total. The Labute approximate surface area is 115 Å². The predicted molar refractivity (Wildman–Crippen MR) is 78.2 cm³/mol. The Balaban J connectivity index is 1.99. The average molecular weight is 282 g/mol. The molecule has 1 heterocycles. The van der Waals surface area contributed by atoms with Crippen molar-refractivity contribution in [1.82, 2.24) is 5.32 Å². The second kappa shape index (κ2) is 5.92. The van der Waals surface area contributed by atoms with E-state index >= 15 is 0 Å². The van der Waals surface area contributed by atoms with Gasteiger partial charge in [0.15, 0.2) is 9.84 Å². The maximum atomic E-state index is 11.4. The van der Waals surface area contributed by atoms with Crippen LogP contribution in [-0.4, -0.2) is 33.8 Å². The van der Waals surface area contributed by atoms with Crippen LogP contribution in [0.5, 0.6) is 0 Å². The first-order chi connectivity index (χ1) is 8.97. The van der Waals surface area contributed by atoms with Gasteiger partial charge >= 0.3 is 0 Å². The van der Waals surface area contributed by atoms with Crippen LogP contribution < -0.4 is 10.6 Å². The van der Waals surface area contributed by atoms with Crippen LogP contribution in [-0.2, 0) is 9.84 Å². The standard InChI is InChI=1S/C14H22N2O2S/c1-11(12-4-3-9-15-10-12)16-13-5-7-14(8-6-13)19(2,17)18/h5-8,11-12,15-16H,3-4,9-10H2,1-2H3. The Kier molecular flexibility index (Phi) is 4.47. The van der Waals surface area contributed by atoms with E-state index in [9.17, 15) is 8.42 Å². The van der Waals surface area contributed by atoms with Crippen molar-refractivity contribution < 1.29 is 8.42 Å². The maximum Gasteiger partial charge on any atom is 0.175 e. The van der Waals surface area contributed by atoms with E-state index in [1.54, 1.807) is 12.1 Å². The zero-order valence-electron chi connectivity index (χ0n) is 11.5. The van der Waals surface area contributed by atoms with Crippen molar-refractivity contribution in [1.29, 1.82) is 0 Å². The Hall–Kier alpha value is -1.07. The second-order valence-electron chi connectivity index (χ2n) is 5.34. The molecule has 2 N–H and O–H groups in total. The number of hydrogen-bond acceptors (Lipinski definition) is 4. The lowest BCUT2D eigenvalue weighted by molar-refractivity contribution is 0.347. The van der Waals surface area contributed by atoms with E-state index in [0.717, 1.165) is 18.8 Å². The highest BCUT2D eigenvalue weighted by molar-refractivity contribution is 7.90. The molecule has 2 unspecified atom stereocenters. The van der Waals surface area contributed by atoms with Crippen LogP contribution in [0.2, 0.25) is 0 Å². The third kappa shape index (κ3) is 3.94. The minimum atomic E-state index is -3.11. The summed E-state index contributed by atoms with van der Waals surface area (Å²) in [5.74, 6) is 0.628. The second-order valence-corrected chi connectivity index (χ2v) is 7.35. The third-order valence-corrected chi connectivity index (χ3v) is 4.85. The third-order valence-electron chi connectivity index (χ3n) is 3.72. The minimum absolute atomic E-state index is 0.366. The summed E-state index contributed by atoms with van der Waals surface area (Å²) in [6.45, 7) is 4.35. The van der Waals surface area contributed by atoms with E-state index in [2.05, 4.69) is 17.6 Å². The largest absolute Gasteiger partial charge is 0.382 e. The molecule has 19 heavy (non-hydrogen) atoms. The summed E-state index contributed by atoms with van der Waals surface area (Å²) < 4.78 is 22.8. The molecule has 1 aromatic rings. The van der Waals surface area contributed by atoms with E-state index in [-0.39, 0.29) is 0 Å². The Morgan fingerprint density at radius 2 is 2.00 bits per heavy atom. The van der Waals surface area contributed by atoms with Crippen molar-refractivity contribution in [2.24, 2.45) is 5.92 Å². The van der Waals surface area contributed by atoms with Crippen LogP contribution >= 0.6 is 0 Å². The number of rotatable bonds is 4. The van der Waals surface area contributed by atoms with Crippen LogP contribution in [0.1, 0.15) is 19.8 Å². The van der Waals surface area contributed by atoms with Crippen molar-refractivity contribution >= 4 is 15.5 Å². The molecule has 1 fully saturated rings. The molecule has 0 aliphatic carbocycles. The molecule has 0 amide bonds. The molecule has 0 bridgehead atoms. The maximum absolute atomic E-state index is 11.4. The first-order valence-electron chi connectivity index (χ1n) is 6.74. The minimum Gasteiger partial charge on any atom is -0.382 e. The number of hydrogen-bond donors (Lipinski definition) is 2. The van der Waals surface area contributed by atoms with E-state index in [4.69, 9.17) is 0 Å². The predicted octanol–water partition coefficient (Wildman–Crippen LogP) is 1.89. The summed E-state index contributed by atoms with van der Waals surface area (Å²) in [5, 5.41) is 6.87. The van der Waals surface area contributed by atoms with Gasteiger partial charge in [0.25, 0.3) is 0 Å². The van der Waals surface area contributed by atoms with Gasteiger partial charge in [-0.05, 0) is 63.0 Å². The Morgan fingerprint density at radius 1 is 1.32 bits per heavy atom. The van der Waals surface area contributed by atoms with Crippen molar-refractivity contribution in [3.63, 3.8) is 0 Å². The molecule has 106 valence electrons. The van der Waals surface area contributed by atoms with Crippen molar-refractivity contribution in [3.8, 4) is 0 Å². The lowest BCUT2D eigenvalue weighted by Gasteiger charge is -2.29. The molecule has 1 aliphatic rings. The van der Waals surface area contributed by atoms with Gasteiger partial charge < -0.3 is 10.6 Å². The highest BCUT2D eigenvalue weighted by atomic mass is 32.2. The molecule has 5 heteroatoms. The topological polar surface area (TPSA) is 58.2 Å². The number of nitrogens with one attached hydrogen (secondary N) is 2. The first-order valence-corrected chi connectivity index (χ1v) is 8.63. The van der Waals surface area contributed by atoms with Gasteiger partial charge in [0.2, 0.25) is 0 Å². The molecule has 0 spiro atoms. The highest BCUT2D eigenvalue weighted by Crippen LogP contribution is 2.20. The monoisotopic (exact) mass is 282 g/mol. The van der Waals surface area contributed by atoms with Crippen LogP contribution in [0.15, 0.2) is 29.2 Å². The molecule has 1 aromatic carbocycles. The van der Waals surface area contributed by atoms with Gasteiger partial charge in [-0.3, -0.25) is 0 Å². The number of benzene rings is 1. The fourth-order valence-corrected chi connectivity index (χ4v) is 3.12. The molecule has 2 rings (SSSR count). The number of anilines is 1. The van der Waals surface area contributed by atoms with E-state index in [1.807, 2.05) is 12.1 Å². The van der Waals surface area contributed by atoms with Crippen molar-refractivity contribution in [2.45, 2.75) is 30.7 Å². The quantitative estimate of drug-likeness (QED) is 0.885. The van der Waals surface area contributed by atoms with E-state index in [0.29, 0.717) is 16.9 Å². The Morgan fingerprint density at radius 3 is 2.53 bits per heavy atom. The molecule has 0 saturated carbocycles. The van der Waals surface area contributed by atoms with Gasteiger partial charge in [0.05, 0.1) is 4.90 Å². The van der Waals surface area contributed by atoms with Gasteiger partial charge in [-0.2, -0.15) is 0 Å². The van der Waals surface area contributed by atoms with Crippen molar-refractivity contribution in [3.05, 3.63) is 24.3 Å². The van der Waals surface area contributed by atoms with Gasteiger partial charge in [0.1, 0.15) is 0 Å². The van der Waals surface area contributed by atoms with Crippen LogP contribution in [0.25, 0.3) is 0 Å². The fourth-order valence-electron chi connectivity index (χ4n) is 2.48. The summed E-state index contributed by atoms with van der Waals surface area (Å²) >= 11 is 0. The number of piperidine rings is 1. The molecule has 0 aromatic heterocycles. The molecule has 1 saturated heterocycles. The average Bonchev–Trinajstić information content (AvgIpc) is 2.39. The molecule has 1 aliphatic heterocycles. The van der Waals surface area contributed by atoms with Crippen molar-refractivity contribution in [2.75, 3.05) is 24.7 Å². The van der Waals surface area contributed by atoms with E-state index in [1.165, 1.54) is 19.1 Å². The summed E-state index contributed by atoms with van der Waals surface area (Å²) in [5.41, 5.74) is 0.977. The van der Waals surface area contributed by atoms with Crippen LogP contribution in [0.4, 0.5) is 5.69 Å². The van der Waals surface area contributed by atoms with E-state index < -0.39 is 9.84 Å². The molecular formula is C14H22N2O2S. The zero-order valence-corrected chi connectivity index (χ0v) is 12.3.